The minimum atomic E-state index is 0.0667. The third-order valence-electron chi connectivity index (χ3n) is 3.53. The van der Waals surface area contributed by atoms with Crippen molar-refractivity contribution in [3.8, 4) is 0 Å². The van der Waals surface area contributed by atoms with Gasteiger partial charge in [-0.25, -0.2) is 0 Å². The molecule has 1 atom stereocenters. The number of benzene rings is 1. The van der Waals surface area contributed by atoms with E-state index in [1.807, 2.05) is 29.2 Å². The van der Waals surface area contributed by atoms with Gasteiger partial charge in [0.05, 0.1) is 6.61 Å². The maximum atomic E-state index is 12.6. The Morgan fingerprint density at radius 1 is 1.55 bits per heavy atom. The van der Waals surface area contributed by atoms with E-state index in [9.17, 15) is 4.79 Å². The Bertz CT molecular complexity index is 447. The third-order valence-corrected chi connectivity index (χ3v) is 4.02. The summed E-state index contributed by atoms with van der Waals surface area (Å²) >= 11 is 3.41. The van der Waals surface area contributed by atoms with Crippen LogP contribution < -0.4 is 5.32 Å². The molecular weight excluding hydrogens is 320 g/mol. The van der Waals surface area contributed by atoms with E-state index in [0.717, 1.165) is 24.0 Å². The molecule has 5 heteroatoms. The van der Waals surface area contributed by atoms with Crippen LogP contribution in [0.4, 0.5) is 0 Å². The number of amides is 1. The number of hydrogen-bond acceptors (Lipinski definition) is 3. The van der Waals surface area contributed by atoms with Gasteiger partial charge in [0.2, 0.25) is 0 Å². The van der Waals surface area contributed by atoms with Gasteiger partial charge in [0.1, 0.15) is 0 Å². The molecule has 0 bridgehead atoms. The molecule has 20 heavy (non-hydrogen) atoms. The fourth-order valence-electron chi connectivity index (χ4n) is 2.46. The van der Waals surface area contributed by atoms with Gasteiger partial charge >= 0.3 is 0 Å². The largest absolute Gasteiger partial charge is 0.383 e. The Morgan fingerprint density at radius 3 is 3.05 bits per heavy atom. The van der Waals surface area contributed by atoms with Crippen molar-refractivity contribution < 1.29 is 9.53 Å². The Labute approximate surface area is 128 Å². The van der Waals surface area contributed by atoms with Crippen LogP contribution in [0.25, 0.3) is 0 Å². The Balaban J connectivity index is 2.05. The molecule has 0 saturated carbocycles. The second-order valence-corrected chi connectivity index (χ2v) is 5.96. The van der Waals surface area contributed by atoms with Crippen LogP contribution in [0.3, 0.4) is 0 Å². The van der Waals surface area contributed by atoms with Crippen molar-refractivity contribution in [2.24, 2.45) is 0 Å². The number of carbonyl (C=O) groups is 1. The summed E-state index contributed by atoms with van der Waals surface area (Å²) in [6.45, 7) is 2.98. The molecule has 0 aromatic heterocycles. The predicted octanol–water partition coefficient (Wildman–Crippen LogP) is 2.29. The summed E-state index contributed by atoms with van der Waals surface area (Å²) in [4.78, 5) is 14.5. The van der Waals surface area contributed by atoms with Crippen molar-refractivity contribution >= 4 is 21.8 Å². The van der Waals surface area contributed by atoms with Crippen LogP contribution in [0.5, 0.6) is 0 Å². The number of nitrogens with zero attached hydrogens (tertiary/aromatic N) is 1. The molecule has 0 spiro atoms. The van der Waals surface area contributed by atoms with Gasteiger partial charge in [0, 0.05) is 36.3 Å². The summed E-state index contributed by atoms with van der Waals surface area (Å²) < 4.78 is 6.05. The topological polar surface area (TPSA) is 41.6 Å². The minimum Gasteiger partial charge on any atom is -0.383 e. The fourth-order valence-corrected chi connectivity index (χ4v) is 2.86. The molecule has 1 N–H and O–H groups in total. The molecule has 1 fully saturated rings. The molecule has 1 amide bonds. The smallest absolute Gasteiger partial charge is 0.254 e. The lowest BCUT2D eigenvalue weighted by Gasteiger charge is -2.26. The first-order chi connectivity index (χ1) is 9.70. The lowest BCUT2D eigenvalue weighted by molar-refractivity contribution is 0.0679. The molecule has 1 aromatic rings. The van der Waals surface area contributed by atoms with Crippen molar-refractivity contribution in [1.82, 2.24) is 10.2 Å². The Kier molecular flexibility index (Phi) is 6.01. The monoisotopic (exact) mass is 340 g/mol. The van der Waals surface area contributed by atoms with Crippen molar-refractivity contribution in [2.75, 3.05) is 33.4 Å². The van der Waals surface area contributed by atoms with Crippen molar-refractivity contribution in [3.63, 3.8) is 0 Å². The van der Waals surface area contributed by atoms with Gasteiger partial charge in [-0.3, -0.25) is 4.79 Å². The molecule has 4 nitrogen and oxygen atoms in total. The quantitative estimate of drug-likeness (QED) is 0.863. The summed E-state index contributed by atoms with van der Waals surface area (Å²) in [6, 6.07) is 7.94. The van der Waals surface area contributed by atoms with Gasteiger partial charge in [-0.15, -0.1) is 0 Å². The van der Waals surface area contributed by atoms with Crippen molar-refractivity contribution in [3.05, 3.63) is 34.3 Å². The molecule has 2 rings (SSSR count). The number of halogens is 1. The molecule has 1 unspecified atom stereocenters. The normalized spacial score (nSPS) is 18.2. The SMILES string of the molecule is COCCN(CC1CCCN1)C(=O)c1cccc(Br)c1. The number of ether oxygens (including phenoxy) is 1. The molecule has 1 saturated heterocycles. The lowest BCUT2D eigenvalue weighted by atomic mass is 10.1. The van der Waals surface area contributed by atoms with Crippen molar-refractivity contribution in [2.45, 2.75) is 18.9 Å². The molecule has 1 heterocycles. The average Bonchev–Trinajstić information content (AvgIpc) is 2.95. The van der Waals surface area contributed by atoms with Gasteiger partial charge in [0.15, 0.2) is 0 Å². The molecule has 1 aromatic carbocycles. The Morgan fingerprint density at radius 2 is 2.40 bits per heavy atom. The van der Waals surface area contributed by atoms with Crippen LogP contribution in [0.2, 0.25) is 0 Å². The number of carbonyl (C=O) groups excluding carboxylic acids is 1. The van der Waals surface area contributed by atoms with E-state index in [1.54, 1.807) is 7.11 Å². The van der Waals surface area contributed by atoms with Crippen LogP contribution >= 0.6 is 15.9 Å². The standard InChI is InChI=1S/C15H21BrN2O2/c1-20-9-8-18(11-14-6-3-7-17-14)15(19)12-4-2-5-13(16)10-12/h2,4-5,10,14,17H,3,6-9,11H2,1H3. The highest BCUT2D eigenvalue weighted by Gasteiger charge is 2.22. The van der Waals surface area contributed by atoms with E-state index in [4.69, 9.17) is 4.74 Å². The fraction of sp³-hybridized carbons (Fsp3) is 0.533. The summed E-state index contributed by atoms with van der Waals surface area (Å²) in [5.41, 5.74) is 0.716. The van der Waals surface area contributed by atoms with Crippen LogP contribution in [0, 0.1) is 0 Å². The maximum absolute atomic E-state index is 12.6. The second kappa shape index (κ2) is 7.76. The third kappa shape index (κ3) is 4.30. The van der Waals surface area contributed by atoms with E-state index < -0.39 is 0 Å². The van der Waals surface area contributed by atoms with Gasteiger partial charge in [-0.1, -0.05) is 22.0 Å². The number of hydrogen-bond donors (Lipinski definition) is 1. The summed E-state index contributed by atoms with van der Waals surface area (Å²) in [6.07, 6.45) is 2.32. The van der Waals surface area contributed by atoms with E-state index >= 15 is 0 Å². The summed E-state index contributed by atoms with van der Waals surface area (Å²) in [5.74, 6) is 0.0667. The van der Waals surface area contributed by atoms with Crippen molar-refractivity contribution in [1.29, 1.82) is 0 Å². The van der Waals surface area contributed by atoms with Crippen LogP contribution in [0.15, 0.2) is 28.7 Å². The zero-order valence-electron chi connectivity index (χ0n) is 11.8. The number of methoxy groups -OCH3 is 1. The first kappa shape index (κ1) is 15.5. The van der Waals surface area contributed by atoms with Crippen LogP contribution in [-0.4, -0.2) is 50.2 Å². The maximum Gasteiger partial charge on any atom is 0.254 e. The number of nitrogens with one attached hydrogen (secondary N) is 1. The number of rotatable bonds is 6. The first-order valence-corrected chi connectivity index (χ1v) is 7.77. The minimum absolute atomic E-state index is 0.0667. The molecule has 0 radical (unpaired) electrons. The Hall–Kier alpha value is -0.910. The van der Waals surface area contributed by atoms with E-state index in [1.165, 1.54) is 6.42 Å². The molecule has 0 aliphatic carbocycles. The predicted molar refractivity (Wildman–Crippen MR) is 82.9 cm³/mol. The lowest BCUT2D eigenvalue weighted by Crippen LogP contribution is -2.42. The van der Waals surface area contributed by atoms with E-state index in [0.29, 0.717) is 24.8 Å². The van der Waals surface area contributed by atoms with Gasteiger partial charge < -0.3 is 15.0 Å². The molecule has 110 valence electrons. The van der Waals surface area contributed by atoms with Gasteiger partial charge in [-0.2, -0.15) is 0 Å². The highest BCUT2D eigenvalue weighted by atomic mass is 79.9. The zero-order valence-corrected chi connectivity index (χ0v) is 13.4. The van der Waals surface area contributed by atoms with E-state index in [2.05, 4.69) is 21.2 Å². The zero-order chi connectivity index (χ0) is 14.4. The average molecular weight is 341 g/mol. The molecule has 1 aliphatic rings. The highest BCUT2D eigenvalue weighted by molar-refractivity contribution is 9.10. The summed E-state index contributed by atoms with van der Waals surface area (Å²) in [7, 11) is 1.66. The molecular formula is C15H21BrN2O2. The molecule has 1 aliphatic heterocycles. The second-order valence-electron chi connectivity index (χ2n) is 5.05. The van der Waals surface area contributed by atoms with Gasteiger partial charge in [0.25, 0.3) is 5.91 Å². The van der Waals surface area contributed by atoms with Gasteiger partial charge in [-0.05, 0) is 37.6 Å². The highest BCUT2D eigenvalue weighted by Crippen LogP contribution is 2.15. The van der Waals surface area contributed by atoms with Crippen LogP contribution in [0.1, 0.15) is 23.2 Å². The van der Waals surface area contributed by atoms with Crippen LogP contribution in [-0.2, 0) is 4.74 Å². The summed E-state index contributed by atoms with van der Waals surface area (Å²) in [5, 5.41) is 3.44. The first-order valence-electron chi connectivity index (χ1n) is 6.98. The van der Waals surface area contributed by atoms with E-state index in [-0.39, 0.29) is 5.91 Å².